The van der Waals surface area contributed by atoms with Crippen LogP contribution in [0.15, 0.2) is 4.52 Å². The lowest BCUT2D eigenvalue weighted by Crippen LogP contribution is -2.13. The van der Waals surface area contributed by atoms with Gasteiger partial charge in [-0.05, 0) is 17.6 Å². The van der Waals surface area contributed by atoms with Crippen LogP contribution in [0.5, 0.6) is 0 Å². The first-order chi connectivity index (χ1) is 7.49. The van der Waals surface area contributed by atoms with Crippen molar-refractivity contribution in [1.82, 2.24) is 10.1 Å². The molecule has 16 heavy (non-hydrogen) atoms. The van der Waals surface area contributed by atoms with E-state index in [0.29, 0.717) is 17.1 Å². The lowest BCUT2D eigenvalue weighted by atomic mass is 10.0. The molecule has 0 aliphatic rings. The summed E-state index contributed by atoms with van der Waals surface area (Å²) in [6.07, 6.45) is 0.874. The van der Waals surface area contributed by atoms with E-state index in [1.807, 2.05) is 0 Å². The molecule has 1 rings (SSSR count). The molecule has 0 fully saturated rings. The SMILES string of the molecule is CC(C)C[C@H](N)c1nc(CSC(C)C)no1. The summed E-state index contributed by atoms with van der Waals surface area (Å²) in [5.41, 5.74) is 5.96. The highest BCUT2D eigenvalue weighted by atomic mass is 32.2. The standard InChI is InChI=1S/C11H21N3OS/c1-7(2)5-9(12)11-13-10(14-15-11)6-16-8(3)4/h7-9H,5-6,12H2,1-4H3/t9-/m0/s1. The number of hydrogen-bond donors (Lipinski definition) is 1. The van der Waals surface area contributed by atoms with Crippen molar-refractivity contribution >= 4 is 11.8 Å². The van der Waals surface area contributed by atoms with Crippen molar-refractivity contribution in [2.24, 2.45) is 11.7 Å². The number of aromatic nitrogens is 2. The van der Waals surface area contributed by atoms with Crippen LogP contribution in [-0.4, -0.2) is 15.4 Å². The van der Waals surface area contributed by atoms with E-state index in [2.05, 4.69) is 37.8 Å². The smallest absolute Gasteiger partial charge is 0.243 e. The van der Waals surface area contributed by atoms with Crippen molar-refractivity contribution < 1.29 is 4.52 Å². The van der Waals surface area contributed by atoms with E-state index in [9.17, 15) is 0 Å². The highest BCUT2D eigenvalue weighted by Gasteiger charge is 2.16. The second-order valence-electron chi connectivity index (χ2n) is 4.64. The fraction of sp³-hybridized carbons (Fsp3) is 0.818. The first-order valence-electron chi connectivity index (χ1n) is 5.68. The molecule has 5 heteroatoms. The molecule has 1 heterocycles. The summed E-state index contributed by atoms with van der Waals surface area (Å²) in [5, 5.41) is 4.50. The Bertz CT molecular complexity index is 312. The zero-order valence-corrected chi connectivity index (χ0v) is 11.3. The van der Waals surface area contributed by atoms with Crippen LogP contribution in [0.1, 0.15) is 51.9 Å². The quantitative estimate of drug-likeness (QED) is 0.832. The maximum Gasteiger partial charge on any atom is 0.243 e. The maximum absolute atomic E-state index is 5.96. The van der Waals surface area contributed by atoms with Crippen LogP contribution in [-0.2, 0) is 5.75 Å². The van der Waals surface area contributed by atoms with E-state index in [4.69, 9.17) is 10.3 Å². The number of thioether (sulfide) groups is 1. The summed E-state index contributed by atoms with van der Waals surface area (Å²) in [5.74, 6) is 2.63. The monoisotopic (exact) mass is 243 g/mol. The Hall–Kier alpha value is -0.550. The molecule has 2 N–H and O–H groups in total. The van der Waals surface area contributed by atoms with Gasteiger partial charge in [0.15, 0.2) is 5.82 Å². The third-order valence-electron chi connectivity index (χ3n) is 2.07. The average molecular weight is 243 g/mol. The van der Waals surface area contributed by atoms with Gasteiger partial charge in [-0.3, -0.25) is 0 Å². The lowest BCUT2D eigenvalue weighted by molar-refractivity contribution is 0.333. The Labute approximate surface area is 101 Å². The van der Waals surface area contributed by atoms with Crippen molar-refractivity contribution in [1.29, 1.82) is 0 Å². The van der Waals surface area contributed by atoms with E-state index in [0.717, 1.165) is 18.0 Å². The maximum atomic E-state index is 5.96. The number of rotatable bonds is 6. The number of nitrogens with two attached hydrogens (primary N) is 1. The minimum atomic E-state index is -0.134. The summed E-state index contributed by atoms with van der Waals surface area (Å²) < 4.78 is 5.16. The van der Waals surface area contributed by atoms with Crippen LogP contribution in [0.25, 0.3) is 0 Å². The van der Waals surface area contributed by atoms with Crippen molar-refractivity contribution in [3.63, 3.8) is 0 Å². The molecule has 0 unspecified atom stereocenters. The molecule has 0 radical (unpaired) electrons. The van der Waals surface area contributed by atoms with Crippen molar-refractivity contribution in [2.45, 2.75) is 51.2 Å². The predicted molar refractivity (Wildman–Crippen MR) is 67.1 cm³/mol. The Morgan fingerprint density at radius 1 is 1.31 bits per heavy atom. The summed E-state index contributed by atoms with van der Waals surface area (Å²) in [4.78, 5) is 4.31. The van der Waals surface area contributed by atoms with E-state index in [-0.39, 0.29) is 6.04 Å². The summed E-state index contributed by atoms with van der Waals surface area (Å²) in [6.45, 7) is 8.56. The third-order valence-corrected chi connectivity index (χ3v) is 3.16. The van der Waals surface area contributed by atoms with Gasteiger partial charge in [0.2, 0.25) is 5.89 Å². The molecule has 92 valence electrons. The Balaban J connectivity index is 2.50. The van der Waals surface area contributed by atoms with Gasteiger partial charge in [-0.15, -0.1) is 0 Å². The van der Waals surface area contributed by atoms with Gasteiger partial charge in [0.25, 0.3) is 0 Å². The zero-order valence-electron chi connectivity index (χ0n) is 10.4. The van der Waals surface area contributed by atoms with E-state index >= 15 is 0 Å². The van der Waals surface area contributed by atoms with Crippen LogP contribution >= 0.6 is 11.8 Å². The van der Waals surface area contributed by atoms with Crippen molar-refractivity contribution in [3.8, 4) is 0 Å². The van der Waals surface area contributed by atoms with Crippen LogP contribution in [0.2, 0.25) is 0 Å². The second-order valence-corrected chi connectivity index (χ2v) is 6.21. The van der Waals surface area contributed by atoms with Gasteiger partial charge in [-0.2, -0.15) is 16.7 Å². The lowest BCUT2D eigenvalue weighted by Gasteiger charge is -2.08. The van der Waals surface area contributed by atoms with Crippen LogP contribution < -0.4 is 5.73 Å². The topological polar surface area (TPSA) is 64.9 Å². The Morgan fingerprint density at radius 2 is 2.00 bits per heavy atom. The van der Waals surface area contributed by atoms with Crippen molar-refractivity contribution in [3.05, 3.63) is 11.7 Å². The zero-order chi connectivity index (χ0) is 12.1. The normalized spacial score (nSPS) is 13.7. The average Bonchev–Trinajstić information content (AvgIpc) is 2.61. The first kappa shape index (κ1) is 13.5. The van der Waals surface area contributed by atoms with Gasteiger partial charge in [-0.1, -0.05) is 32.9 Å². The molecular weight excluding hydrogens is 222 g/mol. The molecule has 0 amide bonds. The molecule has 0 bridgehead atoms. The van der Waals surface area contributed by atoms with Gasteiger partial charge >= 0.3 is 0 Å². The highest BCUT2D eigenvalue weighted by Crippen LogP contribution is 2.19. The van der Waals surface area contributed by atoms with Gasteiger partial charge < -0.3 is 10.3 Å². The minimum absolute atomic E-state index is 0.134. The summed E-state index contributed by atoms with van der Waals surface area (Å²) in [7, 11) is 0. The van der Waals surface area contributed by atoms with Crippen LogP contribution in [0.3, 0.4) is 0 Å². The molecular formula is C11H21N3OS. The number of nitrogens with zero attached hydrogens (tertiary/aromatic N) is 2. The molecule has 0 aliphatic carbocycles. The molecule has 1 aromatic heterocycles. The van der Waals surface area contributed by atoms with E-state index in [1.165, 1.54) is 0 Å². The second kappa shape index (κ2) is 6.25. The van der Waals surface area contributed by atoms with Crippen LogP contribution in [0.4, 0.5) is 0 Å². The third kappa shape index (κ3) is 4.53. The molecule has 1 aromatic rings. The fourth-order valence-corrected chi connectivity index (χ4v) is 1.93. The van der Waals surface area contributed by atoms with E-state index < -0.39 is 0 Å². The predicted octanol–water partition coefficient (Wildman–Crippen LogP) is 2.76. The Morgan fingerprint density at radius 3 is 2.56 bits per heavy atom. The molecule has 1 atom stereocenters. The van der Waals surface area contributed by atoms with Gasteiger partial charge in [0.1, 0.15) is 0 Å². The van der Waals surface area contributed by atoms with Gasteiger partial charge in [0.05, 0.1) is 11.8 Å². The minimum Gasteiger partial charge on any atom is -0.338 e. The van der Waals surface area contributed by atoms with E-state index in [1.54, 1.807) is 11.8 Å². The number of hydrogen-bond acceptors (Lipinski definition) is 5. The Kier molecular flexibility index (Phi) is 5.28. The summed E-state index contributed by atoms with van der Waals surface area (Å²) >= 11 is 1.80. The van der Waals surface area contributed by atoms with Crippen LogP contribution in [0, 0.1) is 5.92 Å². The largest absolute Gasteiger partial charge is 0.338 e. The fourth-order valence-electron chi connectivity index (χ4n) is 1.33. The van der Waals surface area contributed by atoms with Gasteiger partial charge in [-0.25, -0.2) is 0 Å². The molecule has 0 aliphatic heterocycles. The van der Waals surface area contributed by atoms with Crippen molar-refractivity contribution in [2.75, 3.05) is 0 Å². The molecule has 4 nitrogen and oxygen atoms in total. The highest BCUT2D eigenvalue weighted by molar-refractivity contribution is 7.99. The van der Waals surface area contributed by atoms with Gasteiger partial charge in [0, 0.05) is 0 Å². The first-order valence-corrected chi connectivity index (χ1v) is 6.73. The molecule has 0 saturated carbocycles. The molecule has 0 aromatic carbocycles. The molecule has 0 saturated heterocycles. The summed E-state index contributed by atoms with van der Waals surface area (Å²) in [6, 6.07) is -0.134. The molecule has 0 spiro atoms.